The molecule has 1 atom stereocenters. The van der Waals surface area contributed by atoms with Crippen LogP contribution in [-0.4, -0.2) is 31.8 Å². The third kappa shape index (κ3) is 1.37. The molecular formula is C8H13N2O+. The van der Waals surface area contributed by atoms with Crippen LogP contribution < -0.4 is 5.32 Å². The second-order valence-electron chi connectivity index (χ2n) is 3.17. The smallest absolute Gasteiger partial charge is 0.276 e. The molecule has 2 aliphatic heterocycles. The van der Waals surface area contributed by atoms with Gasteiger partial charge in [-0.25, -0.2) is 0 Å². The van der Waals surface area contributed by atoms with E-state index in [9.17, 15) is 0 Å². The molecule has 0 saturated carbocycles. The van der Waals surface area contributed by atoms with E-state index in [-0.39, 0.29) is 5.60 Å². The van der Waals surface area contributed by atoms with E-state index in [0.717, 1.165) is 39.1 Å². The lowest BCUT2D eigenvalue weighted by Crippen LogP contribution is -2.50. The summed E-state index contributed by atoms with van der Waals surface area (Å²) < 4.78 is 5.72. The van der Waals surface area contributed by atoms with Gasteiger partial charge in [0.05, 0.1) is 13.0 Å². The van der Waals surface area contributed by atoms with Crippen LogP contribution >= 0.6 is 0 Å². The maximum atomic E-state index is 5.72. The summed E-state index contributed by atoms with van der Waals surface area (Å²) in [5.41, 5.74) is 0.0417. The van der Waals surface area contributed by atoms with Gasteiger partial charge in [0.1, 0.15) is 12.0 Å². The van der Waals surface area contributed by atoms with Crippen LogP contribution in [0, 0.1) is 6.07 Å². The van der Waals surface area contributed by atoms with Crippen molar-refractivity contribution in [3.8, 4) is 6.07 Å². The molecule has 3 nitrogen and oxygen atoms in total. The lowest BCUT2D eigenvalue weighted by molar-refractivity contribution is -0.0664. The van der Waals surface area contributed by atoms with Gasteiger partial charge in [0.2, 0.25) is 0 Å². The van der Waals surface area contributed by atoms with Gasteiger partial charge in [-0.15, -0.1) is 0 Å². The van der Waals surface area contributed by atoms with Crippen molar-refractivity contribution in [2.24, 2.45) is 0 Å². The summed E-state index contributed by atoms with van der Waals surface area (Å²) in [7, 11) is 0. The zero-order valence-electron chi connectivity index (χ0n) is 6.60. The summed E-state index contributed by atoms with van der Waals surface area (Å²) in [5, 5.41) is 3.34. The molecule has 2 rings (SSSR count). The zero-order chi connectivity index (χ0) is 7.57. The molecule has 0 aliphatic carbocycles. The Bertz CT molecular complexity index is 198. The Balaban J connectivity index is 2.04. The molecule has 11 heavy (non-hydrogen) atoms. The second-order valence-corrected chi connectivity index (χ2v) is 3.17. The Morgan fingerprint density at radius 3 is 3.18 bits per heavy atom. The van der Waals surface area contributed by atoms with Crippen LogP contribution in [-0.2, 0) is 4.74 Å². The van der Waals surface area contributed by atoms with E-state index in [4.69, 9.17) is 4.74 Å². The second kappa shape index (κ2) is 2.80. The number of nitrogens with zero attached hydrogens (tertiary/aromatic N) is 1. The molecule has 1 unspecified atom stereocenters. The Morgan fingerprint density at radius 2 is 2.55 bits per heavy atom. The molecule has 0 aromatic rings. The van der Waals surface area contributed by atoms with Gasteiger partial charge in [0.15, 0.2) is 0 Å². The minimum Gasteiger partial charge on any atom is -0.371 e. The molecule has 60 valence electrons. The Kier molecular flexibility index (Phi) is 1.80. The average Bonchev–Trinajstić information content (AvgIpc) is 2.07. The minimum absolute atomic E-state index is 0.0417. The van der Waals surface area contributed by atoms with Crippen molar-refractivity contribution in [2.75, 3.05) is 26.2 Å². The summed E-state index contributed by atoms with van der Waals surface area (Å²) in [4.78, 5) is 4.07. The third-order valence-electron chi connectivity index (χ3n) is 2.33. The molecule has 2 heterocycles. The molecule has 0 aromatic heterocycles. The molecule has 0 radical (unpaired) electrons. The first-order valence-corrected chi connectivity index (χ1v) is 4.15. The van der Waals surface area contributed by atoms with Crippen molar-refractivity contribution < 1.29 is 4.74 Å². The van der Waals surface area contributed by atoms with Crippen molar-refractivity contribution in [2.45, 2.75) is 18.4 Å². The van der Waals surface area contributed by atoms with E-state index in [2.05, 4.69) is 16.2 Å². The van der Waals surface area contributed by atoms with Crippen molar-refractivity contribution in [3.63, 3.8) is 0 Å². The summed E-state index contributed by atoms with van der Waals surface area (Å²) in [6.07, 6.45) is 1.91. The SMILES string of the molecule is C1#[N+]CCC2(C1)CNCCO2. The number of rotatable bonds is 0. The molecule has 3 heteroatoms. The van der Waals surface area contributed by atoms with Gasteiger partial charge in [-0.1, -0.05) is 4.85 Å². The quantitative estimate of drug-likeness (QED) is 0.547. The maximum Gasteiger partial charge on any atom is 0.276 e. The molecule has 1 N–H and O–H groups in total. The standard InChI is InChI=1S/C8H13N2O/c1-3-9-4-2-8(1)7-10-5-6-11-8/h10H,1-3,5-7H2/q+1. The van der Waals surface area contributed by atoms with Crippen LogP contribution in [0.4, 0.5) is 0 Å². The summed E-state index contributed by atoms with van der Waals surface area (Å²) in [6, 6.07) is 3.01. The molecule has 0 bridgehead atoms. The highest BCUT2D eigenvalue weighted by Crippen LogP contribution is 2.24. The van der Waals surface area contributed by atoms with Crippen LogP contribution in [0.5, 0.6) is 0 Å². The Morgan fingerprint density at radius 1 is 1.55 bits per heavy atom. The van der Waals surface area contributed by atoms with Crippen molar-refractivity contribution >= 4 is 0 Å². The van der Waals surface area contributed by atoms with Crippen LogP contribution in [0.15, 0.2) is 0 Å². The normalized spacial score (nSPS) is 36.4. The summed E-state index contributed by atoms with van der Waals surface area (Å²) in [6.45, 7) is 3.66. The van der Waals surface area contributed by atoms with Crippen LogP contribution in [0.25, 0.3) is 4.85 Å². The van der Waals surface area contributed by atoms with E-state index < -0.39 is 0 Å². The topological polar surface area (TPSA) is 25.6 Å². The van der Waals surface area contributed by atoms with Crippen molar-refractivity contribution in [1.82, 2.24) is 5.32 Å². The molecule has 0 aromatic carbocycles. The van der Waals surface area contributed by atoms with Gasteiger partial charge in [-0.2, -0.15) is 0 Å². The van der Waals surface area contributed by atoms with Crippen LogP contribution in [0.2, 0.25) is 0 Å². The highest BCUT2D eigenvalue weighted by Gasteiger charge is 2.37. The Labute approximate surface area is 66.5 Å². The maximum absolute atomic E-state index is 5.72. The van der Waals surface area contributed by atoms with Gasteiger partial charge in [-0.3, -0.25) is 0 Å². The highest BCUT2D eigenvalue weighted by atomic mass is 16.5. The summed E-state index contributed by atoms with van der Waals surface area (Å²) in [5.74, 6) is 0. The molecule has 2 aliphatic rings. The highest BCUT2D eigenvalue weighted by molar-refractivity contribution is 5.04. The van der Waals surface area contributed by atoms with Crippen LogP contribution in [0.3, 0.4) is 0 Å². The molecule has 1 fully saturated rings. The first-order valence-electron chi connectivity index (χ1n) is 4.15. The predicted molar refractivity (Wildman–Crippen MR) is 42.9 cm³/mol. The van der Waals surface area contributed by atoms with E-state index in [1.54, 1.807) is 0 Å². The van der Waals surface area contributed by atoms with Gasteiger partial charge in [0, 0.05) is 13.1 Å². The monoisotopic (exact) mass is 153 g/mol. The van der Waals surface area contributed by atoms with Gasteiger partial charge in [0.25, 0.3) is 12.6 Å². The third-order valence-corrected chi connectivity index (χ3v) is 2.33. The van der Waals surface area contributed by atoms with E-state index >= 15 is 0 Å². The fourth-order valence-corrected chi connectivity index (χ4v) is 1.61. The van der Waals surface area contributed by atoms with Crippen LogP contribution in [0.1, 0.15) is 12.8 Å². The fourth-order valence-electron chi connectivity index (χ4n) is 1.61. The number of ether oxygens (including phenoxy) is 1. The van der Waals surface area contributed by atoms with E-state index in [1.807, 2.05) is 0 Å². The predicted octanol–water partition coefficient (Wildman–Crippen LogP) is 0.472. The average molecular weight is 153 g/mol. The summed E-state index contributed by atoms with van der Waals surface area (Å²) >= 11 is 0. The number of hydrogen-bond acceptors (Lipinski definition) is 2. The fraction of sp³-hybridized carbons (Fsp3) is 0.875. The van der Waals surface area contributed by atoms with Crippen molar-refractivity contribution in [3.05, 3.63) is 4.85 Å². The van der Waals surface area contributed by atoms with Gasteiger partial charge >= 0.3 is 0 Å². The molecule has 1 saturated heterocycles. The van der Waals surface area contributed by atoms with Gasteiger partial charge < -0.3 is 10.1 Å². The molecular weight excluding hydrogens is 140 g/mol. The minimum atomic E-state index is 0.0417. The zero-order valence-corrected chi connectivity index (χ0v) is 6.60. The first kappa shape index (κ1) is 7.08. The van der Waals surface area contributed by atoms with E-state index in [0.29, 0.717) is 0 Å². The number of hydrogen-bond donors (Lipinski definition) is 1. The Hall–Kier alpha value is -0.590. The van der Waals surface area contributed by atoms with E-state index in [1.165, 1.54) is 0 Å². The van der Waals surface area contributed by atoms with Gasteiger partial charge in [-0.05, 0) is 0 Å². The first-order chi connectivity index (χ1) is 5.41. The molecule has 0 amide bonds. The lowest BCUT2D eigenvalue weighted by Gasteiger charge is -2.34. The largest absolute Gasteiger partial charge is 0.371 e. The number of nitrogens with one attached hydrogen (secondary N) is 1. The van der Waals surface area contributed by atoms with Crippen molar-refractivity contribution in [1.29, 1.82) is 0 Å². The molecule has 1 spiro atoms. The lowest BCUT2D eigenvalue weighted by atomic mass is 9.93. The number of morpholine rings is 1.